The van der Waals surface area contributed by atoms with Gasteiger partial charge in [-0.25, -0.2) is 0 Å². The van der Waals surface area contributed by atoms with E-state index in [2.05, 4.69) is 17.1 Å². The quantitative estimate of drug-likeness (QED) is 0.851. The number of hydrogen-bond donors (Lipinski definition) is 2. The lowest BCUT2D eigenvalue weighted by Crippen LogP contribution is -2.36. The normalized spacial score (nSPS) is 22.8. The number of nitrogens with two attached hydrogens (primary N) is 1. The van der Waals surface area contributed by atoms with Crippen LogP contribution >= 0.6 is 0 Å². The maximum atomic E-state index is 12.1. The van der Waals surface area contributed by atoms with Gasteiger partial charge >= 0.3 is 0 Å². The van der Waals surface area contributed by atoms with Gasteiger partial charge in [0.1, 0.15) is 5.75 Å². The summed E-state index contributed by atoms with van der Waals surface area (Å²) in [6, 6.07) is 7.84. The minimum absolute atomic E-state index is 0.0148. The first-order valence-corrected chi connectivity index (χ1v) is 7.01. The monoisotopic (exact) mass is 277 g/mol. The number of anilines is 1. The van der Waals surface area contributed by atoms with Crippen molar-refractivity contribution >= 4 is 11.6 Å². The maximum Gasteiger partial charge on any atom is 0.238 e. The van der Waals surface area contributed by atoms with E-state index in [9.17, 15) is 4.79 Å². The molecule has 3 N–H and O–H groups in total. The molecule has 5 nitrogen and oxygen atoms in total. The number of ether oxygens (including phenoxy) is 1. The molecular formula is C15H23N3O2. The highest BCUT2D eigenvalue weighted by Crippen LogP contribution is 2.24. The highest BCUT2D eigenvalue weighted by atomic mass is 16.5. The smallest absolute Gasteiger partial charge is 0.238 e. The second-order valence-corrected chi connectivity index (χ2v) is 5.36. The van der Waals surface area contributed by atoms with Crippen molar-refractivity contribution in [3.63, 3.8) is 0 Å². The second kappa shape index (κ2) is 6.72. The summed E-state index contributed by atoms with van der Waals surface area (Å²) in [5, 5.41) is 2.90. The van der Waals surface area contributed by atoms with Gasteiger partial charge in [-0.3, -0.25) is 9.69 Å². The molecule has 1 aliphatic heterocycles. The van der Waals surface area contributed by atoms with Crippen molar-refractivity contribution in [1.82, 2.24) is 4.90 Å². The summed E-state index contributed by atoms with van der Waals surface area (Å²) in [5.41, 5.74) is 6.42. The van der Waals surface area contributed by atoms with E-state index >= 15 is 0 Å². The summed E-state index contributed by atoms with van der Waals surface area (Å²) >= 11 is 0. The standard InChI is InChI=1S/C15H23N3O2/c1-11-7-12(8-16)9-18(11)10-15(19)17-13-5-3-4-6-14(13)20-2/h3-6,11-12H,7-10,16H2,1-2H3,(H,17,19). The first-order valence-electron chi connectivity index (χ1n) is 7.01. The van der Waals surface area contributed by atoms with Crippen LogP contribution in [-0.2, 0) is 4.79 Å². The molecule has 1 fully saturated rings. The van der Waals surface area contributed by atoms with E-state index in [-0.39, 0.29) is 5.91 Å². The van der Waals surface area contributed by atoms with Crippen LogP contribution in [0.15, 0.2) is 24.3 Å². The number of benzene rings is 1. The van der Waals surface area contributed by atoms with Crippen LogP contribution in [0.2, 0.25) is 0 Å². The van der Waals surface area contributed by atoms with Gasteiger partial charge in [-0.1, -0.05) is 12.1 Å². The fourth-order valence-electron chi connectivity index (χ4n) is 2.73. The molecule has 110 valence electrons. The molecule has 1 aromatic rings. The number of nitrogens with one attached hydrogen (secondary N) is 1. The van der Waals surface area contributed by atoms with Crippen molar-refractivity contribution in [3.8, 4) is 5.75 Å². The number of amides is 1. The Hall–Kier alpha value is -1.59. The van der Waals surface area contributed by atoms with Gasteiger partial charge in [0.05, 0.1) is 19.3 Å². The summed E-state index contributed by atoms with van der Waals surface area (Å²) < 4.78 is 5.23. The summed E-state index contributed by atoms with van der Waals surface area (Å²) in [7, 11) is 1.60. The van der Waals surface area contributed by atoms with Crippen molar-refractivity contribution in [2.24, 2.45) is 11.7 Å². The van der Waals surface area contributed by atoms with Crippen LogP contribution in [0, 0.1) is 5.92 Å². The topological polar surface area (TPSA) is 67.6 Å². The molecule has 0 radical (unpaired) electrons. The van der Waals surface area contributed by atoms with E-state index in [0.29, 0.717) is 36.5 Å². The van der Waals surface area contributed by atoms with Gasteiger partial charge in [0.25, 0.3) is 0 Å². The highest BCUT2D eigenvalue weighted by Gasteiger charge is 2.29. The number of carbonyl (C=O) groups excluding carboxylic acids is 1. The molecule has 0 saturated carbocycles. The Balaban J connectivity index is 1.93. The van der Waals surface area contributed by atoms with E-state index in [1.165, 1.54) is 0 Å². The first-order chi connectivity index (χ1) is 9.63. The molecule has 1 saturated heterocycles. The third kappa shape index (κ3) is 3.49. The van der Waals surface area contributed by atoms with Gasteiger partial charge in [0, 0.05) is 12.6 Å². The lowest BCUT2D eigenvalue weighted by molar-refractivity contribution is -0.117. The summed E-state index contributed by atoms with van der Waals surface area (Å²) in [4.78, 5) is 14.3. The average Bonchev–Trinajstić information content (AvgIpc) is 2.80. The fraction of sp³-hybridized carbons (Fsp3) is 0.533. The predicted molar refractivity (Wildman–Crippen MR) is 79.8 cm³/mol. The van der Waals surface area contributed by atoms with E-state index in [1.54, 1.807) is 7.11 Å². The van der Waals surface area contributed by atoms with Gasteiger partial charge in [-0.15, -0.1) is 0 Å². The van der Waals surface area contributed by atoms with Crippen LogP contribution < -0.4 is 15.8 Å². The minimum Gasteiger partial charge on any atom is -0.495 e. The van der Waals surface area contributed by atoms with Crippen LogP contribution in [0.25, 0.3) is 0 Å². The first kappa shape index (κ1) is 14.8. The largest absolute Gasteiger partial charge is 0.495 e. The van der Waals surface area contributed by atoms with E-state index < -0.39 is 0 Å². The van der Waals surface area contributed by atoms with Crippen LogP contribution in [0.5, 0.6) is 5.75 Å². The Kier molecular flexibility index (Phi) is 4.98. The lowest BCUT2D eigenvalue weighted by Gasteiger charge is -2.20. The number of carbonyl (C=O) groups is 1. The Bertz CT molecular complexity index is 464. The number of rotatable bonds is 5. The molecule has 2 atom stereocenters. The van der Waals surface area contributed by atoms with Gasteiger partial charge in [-0.2, -0.15) is 0 Å². The molecule has 0 spiro atoms. The van der Waals surface area contributed by atoms with Gasteiger partial charge < -0.3 is 15.8 Å². The fourth-order valence-corrected chi connectivity index (χ4v) is 2.73. The minimum atomic E-state index is -0.0148. The van der Waals surface area contributed by atoms with Crippen LogP contribution in [-0.4, -0.2) is 43.6 Å². The van der Waals surface area contributed by atoms with E-state index in [4.69, 9.17) is 10.5 Å². The Morgan fingerprint density at radius 3 is 2.90 bits per heavy atom. The average molecular weight is 277 g/mol. The zero-order valence-electron chi connectivity index (χ0n) is 12.1. The van der Waals surface area contributed by atoms with Gasteiger partial charge in [-0.05, 0) is 37.9 Å². The Morgan fingerprint density at radius 2 is 2.25 bits per heavy atom. The van der Waals surface area contributed by atoms with Crippen molar-refractivity contribution in [2.75, 3.05) is 32.1 Å². The van der Waals surface area contributed by atoms with Crippen molar-refractivity contribution in [3.05, 3.63) is 24.3 Å². The van der Waals surface area contributed by atoms with E-state index in [0.717, 1.165) is 13.0 Å². The second-order valence-electron chi connectivity index (χ2n) is 5.36. The molecule has 0 aromatic heterocycles. The summed E-state index contributed by atoms with van der Waals surface area (Å²) in [6.07, 6.45) is 1.07. The lowest BCUT2D eigenvalue weighted by atomic mass is 10.1. The molecule has 1 aromatic carbocycles. The van der Waals surface area contributed by atoms with Crippen LogP contribution in [0.4, 0.5) is 5.69 Å². The predicted octanol–water partition coefficient (Wildman–Crippen LogP) is 1.30. The molecule has 0 aliphatic carbocycles. The molecule has 2 rings (SSSR count). The number of nitrogens with zero attached hydrogens (tertiary/aromatic N) is 1. The molecular weight excluding hydrogens is 254 g/mol. The van der Waals surface area contributed by atoms with Crippen LogP contribution in [0.1, 0.15) is 13.3 Å². The highest BCUT2D eigenvalue weighted by molar-refractivity contribution is 5.93. The van der Waals surface area contributed by atoms with Gasteiger partial charge in [0.15, 0.2) is 0 Å². The number of methoxy groups -OCH3 is 1. The number of hydrogen-bond acceptors (Lipinski definition) is 4. The molecule has 1 aliphatic rings. The molecule has 20 heavy (non-hydrogen) atoms. The molecule has 5 heteroatoms. The van der Waals surface area contributed by atoms with Crippen molar-refractivity contribution in [2.45, 2.75) is 19.4 Å². The summed E-state index contributed by atoms with van der Waals surface area (Å²) in [6.45, 7) is 4.13. The van der Waals surface area contributed by atoms with Crippen LogP contribution in [0.3, 0.4) is 0 Å². The van der Waals surface area contributed by atoms with E-state index in [1.807, 2.05) is 24.3 Å². The SMILES string of the molecule is COc1ccccc1NC(=O)CN1CC(CN)CC1C. The summed E-state index contributed by atoms with van der Waals surface area (Å²) in [5.74, 6) is 1.17. The third-order valence-corrected chi connectivity index (χ3v) is 3.85. The zero-order chi connectivity index (χ0) is 14.5. The van der Waals surface area contributed by atoms with Crippen molar-refractivity contribution in [1.29, 1.82) is 0 Å². The zero-order valence-corrected chi connectivity index (χ0v) is 12.1. The molecule has 1 heterocycles. The maximum absolute atomic E-state index is 12.1. The number of para-hydroxylation sites is 2. The molecule has 2 unspecified atom stereocenters. The molecule has 1 amide bonds. The Labute approximate surface area is 120 Å². The molecule has 0 bridgehead atoms. The van der Waals surface area contributed by atoms with Crippen molar-refractivity contribution < 1.29 is 9.53 Å². The Morgan fingerprint density at radius 1 is 1.50 bits per heavy atom. The number of likely N-dealkylation sites (tertiary alicyclic amines) is 1. The third-order valence-electron chi connectivity index (χ3n) is 3.85. The van der Waals surface area contributed by atoms with Gasteiger partial charge in [0.2, 0.25) is 5.91 Å².